The number of piperidine rings is 1. The summed E-state index contributed by atoms with van der Waals surface area (Å²) in [6.45, 7) is 6.82. The molecule has 36 heavy (non-hydrogen) atoms. The van der Waals surface area contributed by atoms with E-state index in [2.05, 4.69) is 57.2 Å². The second-order valence-electron chi connectivity index (χ2n) is 10.5. The smallest absolute Gasteiger partial charge is 0.373 e. The lowest BCUT2D eigenvalue weighted by Gasteiger charge is -2.44. The molecule has 1 aliphatic carbocycles. The quantitative estimate of drug-likeness (QED) is 0.280. The summed E-state index contributed by atoms with van der Waals surface area (Å²) in [5, 5.41) is 14.1. The van der Waals surface area contributed by atoms with Crippen molar-refractivity contribution in [3.05, 3.63) is 62.3 Å². The number of rotatable bonds is 10. The van der Waals surface area contributed by atoms with E-state index >= 15 is 0 Å². The fourth-order valence-electron chi connectivity index (χ4n) is 6.32. The molecule has 2 aromatic rings. The fourth-order valence-corrected chi connectivity index (χ4v) is 6.89. The average Bonchev–Trinajstić information content (AvgIpc) is 3.00. The molecule has 8 heteroatoms. The van der Waals surface area contributed by atoms with Crippen molar-refractivity contribution in [2.45, 2.75) is 76.7 Å². The second-order valence-corrected chi connectivity index (χ2v) is 11.9. The van der Waals surface area contributed by atoms with Crippen LogP contribution in [0.5, 0.6) is 0 Å². The van der Waals surface area contributed by atoms with Crippen LogP contribution in [0.25, 0.3) is 0 Å². The van der Waals surface area contributed by atoms with E-state index in [-0.39, 0.29) is 12.0 Å². The van der Waals surface area contributed by atoms with Gasteiger partial charge in [-0.3, -0.25) is 9.88 Å². The summed E-state index contributed by atoms with van der Waals surface area (Å²) in [5.74, 6) is 0.802. The van der Waals surface area contributed by atoms with Crippen LogP contribution in [0.1, 0.15) is 67.3 Å². The molecule has 196 valence electrons. The van der Waals surface area contributed by atoms with Gasteiger partial charge in [0.05, 0.1) is 5.69 Å². The SMILES string of the molecule is CCC(CN1CCC(C2c3ccc(Cl)cc3CCc3cc(Br)cnc32)C[C@@H]1CCCOC)NB(C)O. The molecular weight excluding hydrogens is 536 g/mol. The number of likely N-dealkylation sites (tertiary alicyclic amines) is 1. The van der Waals surface area contributed by atoms with Gasteiger partial charge in [0.2, 0.25) is 0 Å². The van der Waals surface area contributed by atoms with E-state index in [0.717, 1.165) is 74.1 Å². The molecule has 2 N–H and O–H groups in total. The molecular formula is C28H40BBrClN3O2. The van der Waals surface area contributed by atoms with Crippen LogP contribution in [0, 0.1) is 5.92 Å². The lowest BCUT2D eigenvalue weighted by Crippen LogP contribution is -2.52. The maximum Gasteiger partial charge on any atom is 0.373 e. The number of methoxy groups -OCH3 is 1. The Labute approximate surface area is 230 Å². The predicted octanol–water partition coefficient (Wildman–Crippen LogP) is 5.71. The summed E-state index contributed by atoms with van der Waals surface area (Å²) < 4.78 is 6.46. The topological polar surface area (TPSA) is 57.6 Å². The Morgan fingerprint density at radius 2 is 2.11 bits per heavy atom. The zero-order valence-electron chi connectivity index (χ0n) is 21.9. The molecule has 0 spiro atoms. The zero-order chi connectivity index (χ0) is 25.7. The maximum atomic E-state index is 9.92. The normalized spacial score (nSPS) is 23.0. The standard InChI is InChI=1S/C28H40BBrClN3O2/c1-4-24(33-29(2)35)18-34-12-11-20(16-25(34)6-5-13-36-3)27-26-10-9-23(31)15-19(26)7-8-21-14-22(30)17-32-28(21)27/h9-10,14-15,17,20,24-25,27,33,35H,4-8,11-13,16,18H2,1-3H3/t20?,24?,25-,27?/m0/s1. The van der Waals surface area contributed by atoms with Gasteiger partial charge in [0, 0.05) is 54.0 Å². The van der Waals surface area contributed by atoms with Crippen LogP contribution >= 0.6 is 27.5 Å². The molecule has 4 atom stereocenters. The average molecular weight is 577 g/mol. The van der Waals surface area contributed by atoms with Gasteiger partial charge in [-0.25, -0.2) is 0 Å². The Balaban J connectivity index is 1.63. The van der Waals surface area contributed by atoms with Gasteiger partial charge in [-0.05, 0) is 115 Å². The largest absolute Gasteiger partial charge is 0.437 e. The molecule has 4 rings (SSSR count). The number of aromatic nitrogens is 1. The number of aryl methyl sites for hydroxylation is 2. The number of hydrogen-bond acceptors (Lipinski definition) is 5. The first-order valence-electron chi connectivity index (χ1n) is 13.5. The third kappa shape index (κ3) is 6.92. The summed E-state index contributed by atoms with van der Waals surface area (Å²) in [6, 6.07) is 9.52. The monoisotopic (exact) mass is 575 g/mol. The minimum atomic E-state index is -0.490. The number of hydrogen-bond donors (Lipinski definition) is 2. The summed E-state index contributed by atoms with van der Waals surface area (Å²) in [6.07, 6.45) is 9.40. The molecule has 1 aliphatic heterocycles. The van der Waals surface area contributed by atoms with Crippen LogP contribution in [0.15, 0.2) is 34.9 Å². The van der Waals surface area contributed by atoms with Gasteiger partial charge in [0.15, 0.2) is 0 Å². The van der Waals surface area contributed by atoms with Crippen molar-refractivity contribution in [3.63, 3.8) is 0 Å². The molecule has 1 saturated heterocycles. The van der Waals surface area contributed by atoms with Crippen molar-refractivity contribution in [1.29, 1.82) is 0 Å². The summed E-state index contributed by atoms with van der Waals surface area (Å²) in [5.41, 5.74) is 5.37. The van der Waals surface area contributed by atoms with E-state index in [1.54, 1.807) is 7.11 Å². The van der Waals surface area contributed by atoms with Crippen LogP contribution in [0.4, 0.5) is 0 Å². The highest BCUT2D eigenvalue weighted by molar-refractivity contribution is 9.10. The summed E-state index contributed by atoms with van der Waals surface area (Å²) in [7, 11) is 1.30. The molecule has 1 fully saturated rings. The molecule has 2 aliphatic rings. The van der Waals surface area contributed by atoms with Crippen LogP contribution in [-0.2, 0) is 17.6 Å². The molecule has 0 bridgehead atoms. The van der Waals surface area contributed by atoms with E-state index in [1.165, 1.54) is 22.4 Å². The lowest BCUT2D eigenvalue weighted by atomic mass is 9.74. The van der Waals surface area contributed by atoms with Crippen molar-refractivity contribution in [2.24, 2.45) is 5.92 Å². The highest BCUT2D eigenvalue weighted by Crippen LogP contribution is 2.44. The van der Waals surface area contributed by atoms with Crippen molar-refractivity contribution in [2.75, 3.05) is 26.8 Å². The number of fused-ring (bicyclic) bond motifs is 2. The Morgan fingerprint density at radius 1 is 1.31 bits per heavy atom. The van der Waals surface area contributed by atoms with Crippen LogP contribution in [-0.4, -0.2) is 60.8 Å². The Kier molecular flexibility index (Phi) is 10.3. The van der Waals surface area contributed by atoms with Gasteiger partial charge in [-0.1, -0.05) is 24.6 Å². The molecule has 0 amide bonds. The number of benzene rings is 1. The van der Waals surface area contributed by atoms with Gasteiger partial charge in [0.25, 0.3) is 0 Å². The second kappa shape index (κ2) is 13.2. The van der Waals surface area contributed by atoms with Gasteiger partial charge >= 0.3 is 7.05 Å². The van der Waals surface area contributed by atoms with Gasteiger partial charge in [-0.2, -0.15) is 0 Å². The zero-order valence-corrected chi connectivity index (χ0v) is 24.2. The predicted molar refractivity (Wildman–Crippen MR) is 153 cm³/mol. The third-order valence-corrected chi connectivity index (χ3v) is 8.70. The van der Waals surface area contributed by atoms with E-state index in [4.69, 9.17) is 21.3 Å². The highest BCUT2D eigenvalue weighted by Gasteiger charge is 2.38. The Morgan fingerprint density at radius 3 is 2.86 bits per heavy atom. The minimum Gasteiger partial charge on any atom is -0.437 e. The van der Waals surface area contributed by atoms with Gasteiger partial charge in [0.1, 0.15) is 0 Å². The number of nitrogens with zero attached hydrogens (tertiary/aromatic N) is 2. The molecule has 0 radical (unpaired) electrons. The first-order valence-corrected chi connectivity index (χ1v) is 14.7. The van der Waals surface area contributed by atoms with Gasteiger partial charge < -0.3 is 15.0 Å². The van der Waals surface area contributed by atoms with E-state index in [9.17, 15) is 5.02 Å². The van der Waals surface area contributed by atoms with Crippen molar-refractivity contribution in [1.82, 2.24) is 15.1 Å². The highest BCUT2D eigenvalue weighted by atomic mass is 79.9. The fraction of sp³-hybridized carbons (Fsp3) is 0.607. The number of halogens is 2. The minimum absolute atomic E-state index is 0.284. The van der Waals surface area contributed by atoms with Crippen molar-refractivity contribution in [3.8, 4) is 0 Å². The number of ether oxygens (including phenoxy) is 1. The van der Waals surface area contributed by atoms with Crippen LogP contribution in [0.2, 0.25) is 11.8 Å². The van der Waals surface area contributed by atoms with E-state index in [0.29, 0.717) is 12.0 Å². The third-order valence-electron chi connectivity index (χ3n) is 8.03. The van der Waals surface area contributed by atoms with E-state index in [1.807, 2.05) is 13.0 Å². The molecule has 5 nitrogen and oxygen atoms in total. The van der Waals surface area contributed by atoms with Crippen molar-refractivity contribution >= 4 is 34.6 Å². The first kappa shape index (κ1) is 28.1. The summed E-state index contributed by atoms with van der Waals surface area (Å²) >= 11 is 10.1. The van der Waals surface area contributed by atoms with E-state index < -0.39 is 7.05 Å². The molecule has 1 aromatic heterocycles. The van der Waals surface area contributed by atoms with Crippen LogP contribution < -0.4 is 5.23 Å². The Hall–Kier alpha value is -0.955. The molecule has 2 heterocycles. The number of nitrogens with one attached hydrogen (secondary N) is 1. The Bertz CT molecular complexity index is 957. The molecule has 0 saturated carbocycles. The van der Waals surface area contributed by atoms with Crippen LogP contribution in [0.3, 0.4) is 0 Å². The molecule has 1 aromatic carbocycles. The number of pyridine rings is 1. The first-order chi connectivity index (χ1) is 17.4. The lowest BCUT2D eigenvalue weighted by molar-refractivity contribution is 0.0810. The maximum absolute atomic E-state index is 9.92. The molecule has 3 unspecified atom stereocenters. The summed E-state index contributed by atoms with van der Waals surface area (Å²) in [4.78, 5) is 7.68. The van der Waals surface area contributed by atoms with Crippen molar-refractivity contribution < 1.29 is 9.76 Å². The van der Waals surface area contributed by atoms with Gasteiger partial charge in [-0.15, -0.1) is 0 Å².